The van der Waals surface area contributed by atoms with Gasteiger partial charge in [-0.2, -0.15) is 0 Å². The zero-order valence-electron chi connectivity index (χ0n) is 9.40. The molecule has 0 bridgehead atoms. The molecule has 0 saturated heterocycles. The molecule has 4 nitrogen and oxygen atoms in total. The molecule has 0 radical (unpaired) electrons. The highest BCUT2D eigenvalue weighted by Gasteiger charge is 2.18. The van der Waals surface area contributed by atoms with Crippen LogP contribution < -0.4 is 5.73 Å². The standard InChI is InChI=1S/C10H23NO3/c1-4-9(11)10(6-12)14-8(3)7-13-5-2/h8-10,12H,4-7,11H2,1-3H3. The first-order chi connectivity index (χ1) is 6.65. The minimum absolute atomic E-state index is 0.0234. The second kappa shape index (κ2) is 8.17. The van der Waals surface area contributed by atoms with Gasteiger partial charge in [-0.3, -0.25) is 0 Å². The van der Waals surface area contributed by atoms with Crippen LogP contribution in [-0.4, -0.2) is 43.2 Å². The van der Waals surface area contributed by atoms with Crippen LogP contribution in [0.4, 0.5) is 0 Å². The molecule has 0 fully saturated rings. The van der Waals surface area contributed by atoms with E-state index < -0.39 is 0 Å². The fourth-order valence-electron chi connectivity index (χ4n) is 1.16. The van der Waals surface area contributed by atoms with Crippen molar-refractivity contribution in [2.75, 3.05) is 19.8 Å². The molecule has 3 N–H and O–H groups in total. The predicted molar refractivity (Wildman–Crippen MR) is 56.2 cm³/mol. The highest BCUT2D eigenvalue weighted by Crippen LogP contribution is 2.05. The van der Waals surface area contributed by atoms with E-state index in [1.165, 1.54) is 0 Å². The molecule has 0 amide bonds. The summed E-state index contributed by atoms with van der Waals surface area (Å²) in [5, 5.41) is 9.06. The molecule has 3 atom stereocenters. The number of rotatable bonds is 8. The normalized spacial score (nSPS) is 17.8. The van der Waals surface area contributed by atoms with Crippen LogP contribution in [0.25, 0.3) is 0 Å². The van der Waals surface area contributed by atoms with Crippen molar-refractivity contribution < 1.29 is 14.6 Å². The molecular weight excluding hydrogens is 182 g/mol. The Morgan fingerprint density at radius 1 is 1.36 bits per heavy atom. The van der Waals surface area contributed by atoms with E-state index in [-0.39, 0.29) is 24.9 Å². The van der Waals surface area contributed by atoms with Crippen LogP contribution in [0.1, 0.15) is 27.2 Å². The maximum Gasteiger partial charge on any atom is 0.0960 e. The highest BCUT2D eigenvalue weighted by atomic mass is 16.5. The third-order valence-corrected chi connectivity index (χ3v) is 2.09. The first kappa shape index (κ1) is 13.8. The van der Waals surface area contributed by atoms with E-state index in [0.29, 0.717) is 13.2 Å². The maximum absolute atomic E-state index is 9.06. The molecule has 86 valence electrons. The second-order valence-electron chi connectivity index (χ2n) is 3.40. The van der Waals surface area contributed by atoms with Crippen LogP contribution in [0.3, 0.4) is 0 Å². The van der Waals surface area contributed by atoms with Gasteiger partial charge in [0.1, 0.15) is 0 Å². The van der Waals surface area contributed by atoms with E-state index in [4.69, 9.17) is 20.3 Å². The smallest absolute Gasteiger partial charge is 0.0960 e. The lowest BCUT2D eigenvalue weighted by Crippen LogP contribution is -2.41. The summed E-state index contributed by atoms with van der Waals surface area (Å²) in [6, 6.07) is -0.107. The fourth-order valence-corrected chi connectivity index (χ4v) is 1.16. The van der Waals surface area contributed by atoms with Crippen molar-refractivity contribution in [1.29, 1.82) is 0 Å². The average molecular weight is 205 g/mol. The van der Waals surface area contributed by atoms with Gasteiger partial charge in [-0.05, 0) is 20.3 Å². The lowest BCUT2D eigenvalue weighted by atomic mass is 10.1. The molecule has 0 rings (SSSR count). The first-order valence-electron chi connectivity index (χ1n) is 5.25. The van der Waals surface area contributed by atoms with E-state index in [2.05, 4.69) is 0 Å². The molecule has 14 heavy (non-hydrogen) atoms. The van der Waals surface area contributed by atoms with Crippen molar-refractivity contribution in [3.05, 3.63) is 0 Å². The van der Waals surface area contributed by atoms with Gasteiger partial charge in [-0.25, -0.2) is 0 Å². The molecule has 3 unspecified atom stereocenters. The van der Waals surface area contributed by atoms with Crippen LogP contribution in [0.2, 0.25) is 0 Å². The molecule has 0 aromatic carbocycles. The van der Waals surface area contributed by atoms with Crippen LogP contribution in [0.5, 0.6) is 0 Å². The van der Waals surface area contributed by atoms with Crippen LogP contribution in [0.15, 0.2) is 0 Å². The summed E-state index contributed by atoms with van der Waals surface area (Å²) in [5.41, 5.74) is 5.78. The van der Waals surface area contributed by atoms with Gasteiger partial charge in [0.25, 0.3) is 0 Å². The Hall–Kier alpha value is -0.160. The maximum atomic E-state index is 9.06. The predicted octanol–water partition coefficient (Wildman–Crippen LogP) is 0.526. The summed E-state index contributed by atoms with van der Waals surface area (Å²) in [6.07, 6.45) is 0.493. The summed E-state index contributed by atoms with van der Waals surface area (Å²) >= 11 is 0. The zero-order chi connectivity index (χ0) is 11.0. The molecule has 0 heterocycles. The SMILES string of the molecule is CCOCC(C)OC(CO)C(N)CC. The first-order valence-corrected chi connectivity index (χ1v) is 5.25. The number of aliphatic hydroxyl groups excluding tert-OH is 1. The molecule has 0 aromatic heterocycles. The van der Waals surface area contributed by atoms with Crippen LogP contribution in [-0.2, 0) is 9.47 Å². The van der Waals surface area contributed by atoms with Gasteiger partial charge in [0.05, 0.1) is 25.4 Å². The summed E-state index contributed by atoms with van der Waals surface area (Å²) in [5.74, 6) is 0. The van der Waals surface area contributed by atoms with Crippen molar-refractivity contribution in [2.45, 2.75) is 45.4 Å². The topological polar surface area (TPSA) is 64.7 Å². The van der Waals surface area contributed by atoms with E-state index in [1.807, 2.05) is 20.8 Å². The number of nitrogens with two attached hydrogens (primary N) is 1. The van der Waals surface area contributed by atoms with Crippen molar-refractivity contribution >= 4 is 0 Å². The van der Waals surface area contributed by atoms with E-state index in [0.717, 1.165) is 6.42 Å². The molecule has 0 aliphatic carbocycles. The van der Waals surface area contributed by atoms with Gasteiger partial charge >= 0.3 is 0 Å². The second-order valence-corrected chi connectivity index (χ2v) is 3.40. The van der Waals surface area contributed by atoms with Gasteiger partial charge in [0.15, 0.2) is 0 Å². The third kappa shape index (κ3) is 5.54. The van der Waals surface area contributed by atoms with Gasteiger partial charge in [-0.15, -0.1) is 0 Å². The Morgan fingerprint density at radius 2 is 2.00 bits per heavy atom. The van der Waals surface area contributed by atoms with Gasteiger partial charge in [0, 0.05) is 12.6 Å². The molecule has 0 saturated carbocycles. The van der Waals surface area contributed by atoms with E-state index >= 15 is 0 Å². The quantitative estimate of drug-likeness (QED) is 0.606. The Bertz CT molecular complexity index is 133. The molecule has 0 aliphatic heterocycles. The van der Waals surface area contributed by atoms with Crippen molar-refractivity contribution in [2.24, 2.45) is 5.73 Å². The molecule has 0 aliphatic rings. The summed E-state index contributed by atoms with van der Waals surface area (Å²) in [4.78, 5) is 0. The molecule has 0 spiro atoms. The summed E-state index contributed by atoms with van der Waals surface area (Å²) in [7, 11) is 0. The Kier molecular flexibility index (Phi) is 8.08. The number of aliphatic hydroxyl groups is 1. The molecule has 0 aromatic rings. The van der Waals surface area contributed by atoms with Gasteiger partial charge < -0.3 is 20.3 Å². The van der Waals surface area contributed by atoms with Crippen molar-refractivity contribution in [3.63, 3.8) is 0 Å². The van der Waals surface area contributed by atoms with Crippen molar-refractivity contribution in [3.8, 4) is 0 Å². The Labute approximate surface area is 86.4 Å². The Balaban J connectivity index is 3.79. The molecule has 4 heteroatoms. The highest BCUT2D eigenvalue weighted by molar-refractivity contribution is 4.72. The minimum Gasteiger partial charge on any atom is -0.394 e. The van der Waals surface area contributed by atoms with Crippen LogP contribution in [0, 0.1) is 0 Å². The summed E-state index contributed by atoms with van der Waals surface area (Å²) in [6.45, 7) is 7.02. The fraction of sp³-hybridized carbons (Fsp3) is 1.00. The largest absolute Gasteiger partial charge is 0.394 e. The average Bonchev–Trinajstić information content (AvgIpc) is 2.21. The minimum atomic E-state index is -0.282. The van der Waals surface area contributed by atoms with Crippen LogP contribution >= 0.6 is 0 Å². The number of hydrogen-bond acceptors (Lipinski definition) is 4. The third-order valence-electron chi connectivity index (χ3n) is 2.09. The van der Waals surface area contributed by atoms with Gasteiger partial charge in [-0.1, -0.05) is 6.92 Å². The number of ether oxygens (including phenoxy) is 2. The lowest BCUT2D eigenvalue weighted by Gasteiger charge is -2.25. The monoisotopic (exact) mass is 205 g/mol. The van der Waals surface area contributed by atoms with E-state index in [9.17, 15) is 0 Å². The van der Waals surface area contributed by atoms with Crippen molar-refractivity contribution in [1.82, 2.24) is 0 Å². The van der Waals surface area contributed by atoms with E-state index in [1.54, 1.807) is 0 Å². The molecular formula is C10H23NO3. The zero-order valence-corrected chi connectivity index (χ0v) is 9.40. The summed E-state index contributed by atoms with van der Waals surface area (Å²) < 4.78 is 10.8. The Morgan fingerprint density at radius 3 is 2.43 bits per heavy atom. The lowest BCUT2D eigenvalue weighted by molar-refractivity contribution is -0.0737. The number of hydrogen-bond donors (Lipinski definition) is 2. The van der Waals surface area contributed by atoms with Gasteiger partial charge in [0.2, 0.25) is 0 Å².